The maximum absolute atomic E-state index is 11.8. The van der Waals surface area contributed by atoms with Crippen LogP contribution in [-0.2, 0) is 15.8 Å². The Kier molecular flexibility index (Phi) is 4.92. The van der Waals surface area contributed by atoms with E-state index in [0.717, 1.165) is 10.6 Å². The number of rotatable bonds is 5. The molecule has 0 unspecified atom stereocenters. The Morgan fingerprint density at radius 2 is 1.90 bits per heavy atom. The van der Waals surface area contributed by atoms with Crippen LogP contribution in [0.5, 0.6) is 0 Å². The molecule has 6 heteroatoms. The minimum Gasteiger partial charge on any atom is -0.398 e. The van der Waals surface area contributed by atoms with Gasteiger partial charge in [-0.3, -0.25) is 0 Å². The Morgan fingerprint density at radius 3 is 2.57 bits per heavy atom. The summed E-state index contributed by atoms with van der Waals surface area (Å²) in [5.74, 6) is 0.750. The quantitative estimate of drug-likeness (QED) is 0.656. The molecule has 21 heavy (non-hydrogen) atoms. The topological polar surface area (TPSA) is 72.2 Å². The molecule has 0 amide bonds. The summed E-state index contributed by atoms with van der Waals surface area (Å²) in [7, 11) is -2.05. The van der Waals surface area contributed by atoms with Crippen molar-refractivity contribution in [1.29, 1.82) is 0 Å². The van der Waals surface area contributed by atoms with Gasteiger partial charge in [0, 0.05) is 16.3 Å². The van der Waals surface area contributed by atoms with Crippen molar-refractivity contribution in [2.75, 3.05) is 12.8 Å². The summed E-state index contributed by atoms with van der Waals surface area (Å²) in [5.41, 5.74) is 8.95. The molecule has 0 aliphatic rings. The summed E-state index contributed by atoms with van der Waals surface area (Å²) in [6, 6.07) is 12.9. The second-order valence-corrected chi connectivity index (χ2v) is 7.53. The lowest BCUT2D eigenvalue weighted by atomic mass is 10.1. The molecule has 2 rings (SSSR count). The maximum atomic E-state index is 11.8. The standard InChI is InChI=1S/C15H18N2O2S2/c1-11-5-3-4-6-12(11)10-20-15-9-13(7-8-14(15)16)21(18,19)17-2/h3-9,17H,10,16H2,1-2H3. The molecule has 0 spiro atoms. The number of hydrogen-bond acceptors (Lipinski definition) is 4. The third-order valence-electron chi connectivity index (χ3n) is 3.21. The lowest BCUT2D eigenvalue weighted by Crippen LogP contribution is -2.18. The molecular formula is C15H18N2O2S2. The van der Waals surface area contributed by atoms with E-state index in [-0.39, 0.29) is 4.90 Å². The van der Waals surface area contributed by atoms with Crippen LogP contribution >= 0.6 is 11.8 Å². The molecule has 0 saturated carbocycles. The Morgan fingerprint density at radius 1 is 1.19 bits per heavy atom. The number of nitrogen functional groups attached to an aromatic ring is 1. The number of sulfonamides is 1. The van der Waals surface area contributed by atoms with Crippen LogP contribution in [-0.4, -0.2) is 15.5 Å². The monoisotopic (exact) mass is 322 g/mol. The molecule has 0 heterocycles. The zero-order valence-corrected chi connectivity index (χ0v) is 13.6. The summed E-state index contributed by atoms with van der Waals surface area (Å²) < 4.78 is 26.0. The molecule has 0 aliphatic carbocycles. The Balaban J connectivity index is 2.24. The van der Waals surface area contributed by atoms with E-state index in [9.17, 15) is 8.42 Å². The lowest BCUT2D eigenvalue weighted by molar-refractivity contribution is 0.588. The fraction of sp³-hybridized carbons (Fsp3) is 0.200. The zero-order chi connectivity index (χ0) is 15.5. The molecule has 0 aliphatic heterocycles. The molecule has 0 atom stereocenters. The first-order valence-electron chi connectivity index (χ1n) is 6.44. The minimum atomic E-state index is -3.45. The highest BCUT2D eigenvalue weighted by atomic mass is 32.2. The average molecular weight is 322 g/mol. The highest BCUT2D eigenvalue weighted by molar-refractivity contribution is 7.98. The molecule has 112 valence electrons. The van der Waals surface area contributed by atoms with Crippen molar-refractivity contribution in [3.8, 4) is 0 Å². The second kappa shape index (κ2) is 6.51. The highest BCUT2D eigenvalue weighted by Crippen LogP contribution is 2.31. The third-order valence-corrected chi connectivity index (χ3v) is 5.74. The van der Waals surface area contributed by atoms with Gasteiger partial charge in [-0.25, -0.2) is 13.1 Å². The van der Waals surface area contributed by atoms with E-state index in [1.807, 2.05) is 12.1 Å². The van der Waals surface area contributed by atoms with Gasteiger partial charge < -0.3 is 5.73 Å². The van der Waals surface area contributed by atoms with Crippen molar-refractivity contribution in [1.82, 2.24) is 4.72 Å². The van der Waals surface area contributed by atoms with Crippen LogP contribution in [0, 0.1) is 6.92 Å². The number of benzene rings is 2. The van der Waals surface area contributed by atoms with E-state index in [0.29, 0.717) is 5.69 Å². The minimum absolute atomic E-state index is 0.228. The Hall–Kier alpha value is -1.50. The molecule has 2 aromatic carbocycles. The predicted octanol–water partition coefficient (Wildman–Crippen LogP) is 2.78. The van der Waals surface area contributed by atoms with Gasteiger partial charge in [0.1, 0.15) is 0 Å². The summed E-state index contributed by atoms with van der Waals surface area (Å²) in [5, 5.41) is 0. The van der Waals surface area contributed by atoms with Crippen LogP contribution in [0.15, 0.2) is 52.3 Å². The summed E-state index contributed by atoms with van der Waals surface area (Å²) in [4.78, 5) is 1.00. The summed E-state index contributed by atoms with van der Waals surface area (Å²) in [6.07, 6.45) is 0. The third kappa shape index (κ3) is 3.78. The summed E-state index contributed by atoms with van der Waals surface area (Å²) >= 11 is 1.54. The van der Waals surface area contributed by atoms with Crippen molar-refractivity contribution < 1.29 is 8.42 Å². The number of anilines is 1. The van der Waals surface area contributed by atoms with Crippen molar-refractivity contribution >= 4 is 27.5 Å². The Labute approximate surface area is 129 Å². The molecule has 0 aromatic heterocycles. The van der Waals surface area contributed by atoms with Gasteiger partial charge in [0.25, 0.3) is 0 Å². The first-order chi connectivity index (χ1) is 9.94. The van der Waals surface area contributed by atoms with Gasteiger partial charge in [-0.1, -0.05) is 24.3 Å². The molecule has 3 N–H and O–H groups in total. The van der Waals surface area contributed by atoms with Gasteiger partial charge in [0.2, 0.25) is 10.0 Å². The van der Waals surface area contributed by atoms with Crippen molar-refractivity contribution in [2.24, 2.45) is 0 Å². The molecule has 0 bridgehead atoms. The van der Waals surface area contributed by atoms with Crippen LogP contribution in [0.25, 0.3) is 0 Å². The predicted molar refractivity (Wildman–Crippen MR) is 87.8 cm³/mol. The molecule has 0 radical (unpaired) electrons. The smallest absolute Gasteiger partial charge is 0.240 e. The molecular weight excluding hydrogens is 304 g/mol. The molecule has 2 aromatic rings. The summed E-state index contributed by atoms with van der Waals surface area (Å²) in [6.45, 7) is 2.06. The van der Waals surface area contributed by atoms with Gasteiger partial charge in [-0.15, -0.1) is 11.8 Å². The van der Waals surface area contributed by atoms with Gasteiger partial charge in [-0.05, 0) is 43.3 Å². The van der Waals surface area contributed by atoms with Crippen molar-refractivity contribution in [2.45, 2.75) is 22.5 Å². The van der Waals surface area contributed by atoms with Crippen molar-refractivity contribution in [3.05, 3.63) is 53.6 Å². The van der Waals surface area contributed by atoms with E-state index < -0.39 is 10.0 Å². The number of nitrogens with two attached hydrogens (primary N) is 1. The van der Waals surface area contributed by atoms with E-state index in [1.54, 1.807) is 12.1 Å². The Bertz CT molecular complexity index is 743. The van der Waals surface area contributed by atoms with Crippen LogP contribution in [0.2, 0.25) is 0 Å². The van der Waals surface area contributed by atoms with E-state index >= 15 is 0 Å². The highest BCUT2D eigenvalue weighted by Gasteiger charge is 2.13. The largest absolute Gasteiger partial charge is 0.398 e. The fourth-order valence-electron chi connectivity index (χ4n) is 1.85. The lowest BCUT2D eigenvalue weighted by Gasteiger charge is -2.10. The van der Waals surface area contributed by atoms with Gasteiger partial charge >= 0.3 is 0 Å². The molecule has 4 nitrogen and oxygen atoms in total. The first kappa shape index (κ1) is 15.9. The van der Waals surface area contributed by atoms with Gasteiger partial charge in [-0.2, -0.15) is 0 Å². The van der Waals surface area contributed by atoms with Crippen LogP contribution in [0.4, 0.5) is 5.69 Å². The van der Waals surface area contributed by atoms with Gasteiger partial charge in [0.15, 0.2) is 0 Å². The average Bonchev–Trinajstić information content (AvgIpc) is 2.47. The van der Waals surface area contributed by atoms with Crippen LogP contribution in [0.3, 0.4) is 0 Å². The van der Waals surface area contributed by atoms with E-state index in [2.05, 4.69) is 23.8 Å². The zero-order valence-electron chi connectivity index (χ0n) is 12.0. The fourth-order valence-corrected chi connectivity index (χ4v) is 3.76. The number of aryl methyl sites for hydroxylation is 1. The van der Waals surface area contributed by atoms with Crippen LogP contribution < -0.4 is 10.5 Å². The second-order valence-electron chi connectivity index (χ2n) is 4.62. The number of nitrogens with one attached hydrogen (secondary N) is 1. The number of hydrogen-bond donors (Lipinski definition) is 2. The maximum Gasteiger partial charge on any atom is 0.240 e. The van der Waals surface area contributed by atoms with Crippen LogP contribution in [0.1, 0.15) is 11.1 Å². The first-order valence-corrected chi connectivity index (χ1v) is 8.91. The van der Waals surface area contributed by atoms with Gasteiger partial charge in [0.05, 0.1) is 4.90 Å². The van der Waals surface area contributed by atoms with Crippen molar-refractivity contribution in [3.63, 3.8) is 0 Å². The SMILES string of the molecule is CNS(=O)(=O)c1ccc(N)c(SCc2ccccc2C)c1. The van der Waals surface area contributed by atoms with E-state index in [4.69, 9.17) is 5.73 Å². The normalized spacial score (nSPS) is 11.5. The molecule has 0 fully saturated rings. The number of thioether (sulfide) groups is 1. The molecule has 0 saturated heterocycles. The van der Waals surface area contributed by atoms with E-state index in [1.165, 1.54) is 36.0 Å².